The Balaban J connectivity index is 1.45. The molecule has 0 radical (unpaired) electrons. The van der Waals surface area contributed by atoms with Crippen molar-refractivity contribution < 1.29 is 23.9 Å². The third kappa shape index (κ3) is 8.25. The third-order valence-corrected chi connectivity index (χ3v) is 7.16. The predicted molar refractivity (Wildman–Crippen MR) is 167 cm³/mol. The lowest BCUT2D eigenvalue weighted by Crippen LogP contribution is -2.30. The summed E-state index contributed by atoms with van der Waals surface area (Å²) in [6.07, 6.45) is 1.65. The second kappa shape index (κ2) is 14.6. The number of hydrogen-bond donors (Lipinski definition) is 3. The van der Waals surface area contributed by atoms with Crippen molar-refractivity contribution in [2.75, 3.05) is 30.6 Å². The van der Waals surface area contributed by atoms with Crippen LogP contribution in [0.25, 0.3) is 6.08 Å². The van der Waals surface area contributed by atoms with Gasteiger partial charge in [0.25, 0.3) is 11.8 Å². The molecular formula is C33H31N3O5S. The van der Waals surface area contributed by atoms with Gasteiger partial charge in [0.2, 0.25) is 5.91 Å². The average Bonchev–Trinajstić information content (AvgIpc) is 3.01. The Labute approximate surface area is 249 Å². The summed E-state index contributed by atoms with van der Waals surface area (Å²) in [6, 6.07) is 28.6. The summed E-state index contributed by atoms with van der Waals surface area (Å²) < 4.78 is 10.5. The van der Waals surface area contributed by atoms with E-state index in [1.807, 2.05) is 43.3 Å². The van der Waals surface area contributed by atoms with Crippen LogP contribution in [0.3, 0.4) is 0 Å². The maximum absolute atomic E-state index is 13.4. The largest absolute Gasteiger partial charge is 0.497 e. The number of thioether (sulfide) groups is 1. The van der Waals surface area contributed by atoms with E-state index in [0.717, 1.165) is 16.0 Å². The van der Waals surface area contributed by atoms with E-state index in [1.165, 1.54) is 18.9 Å². The molecule has 0 aliphatic rings. The molecule has 0 atom stereocenters. The molecule has 0 saturated heterocycles. The van der Waals surface area contributed by atoms with Gasteiger partial charge in [-0.25, -0.2) is 0 Å². The van der Waals surface area contributed by atoms with Gasteiger partial charge < -0.3 is 25.4 Å². The standard InChI is InChI=1S/C33H31N3O5S/c1-22-10-7-8-13-24(22)18-29(36-32(38)23-11-5-4-6-12-23)33(39)34-25-14-9-15-27(19-25)42-21-31(37)35-28-17-16-26(40-2)20-30(28)41-3/h4-20H,21H2,1-3H3,(H,34,39)(H,35,37)(H,36,38)/b29-18-. The maximum Gasteiger partial charge on any atom is 0.272 e. The number of methoxy groups -OCH3 is 2. The Hall–Kier alpha value is -5.02. The Morgan fingerprint density at radius 2 is 1.57 bits per heavy atom. The number of ether oxygens (including phenoxy) is 2. The van der Waals surface area contributed by atoms with Gasteiger partial charge in [-0.2, -0.15) is 0 Å². The number of carbonyl (C=O) groups is 3. The van der Waals surface area contributed by atoms with Crippen molar-refractivity contribution in [3.05, 3.63) is 119 Å². The minimum absolute atomic E-state index is 0.101. The molecule has 214 valence electrons. The van der Waals surface area contributed by atoms with Crippen LogP contribution in [-0.2, 0) is 9.59 Å². The normalized spacial score (nSPS) is 10.9. The highest BCUT2D eigenvalue weighted by atomic mass is 32.2. The molecule has 42 heavy (non-hydrogen) atoms. The van der Waals surface area contributed by atoms with E-state index in [2.05, 4.69) is 16.0 Å². The summed E-state index contributed by atoms with van der Waals surface area (Å²) in [4.78, 5) is 39.7. The number of hydrogen-bond acceptors (Lipinski definition) is 6. The van der Waals surface area contributed by atoms with Gasteiger partial charge in [0.15, 0.2) is 0 Å². The molecule has 0 fully saturated rings. The van der Waals surface area contributed by atoms with Gasteiger partial charge in [0.05, 0.1) is 25.7 Å². The summed E-state index contributed by atoms with van der Waals surface area (Å²) >= 11 is 1.32. The van der Waals surface area contributed by atoms with Gasteiger partial charge in [-0.1, -0.05) is 48.5 Å². The highest BCUT2D eigenvalue weighted by molar-refractivity contribution is 8.00. The van der Waals surface area contributed by atoms with Gasteiger partial charge in [0, 0.05) is 22.2 Å². The van der Waals surface area contributed by atoms with Crippen molar-refractivity contribution in [3.63, 3.8) is 0 Å². The topological polar surface area (TPSA) is 106 Å². The second-order valence-corrected chi connectivity index (χ2v) is 10.2. The summed E-state index contributed by atoms with van der Waals surface area (Å²) in [7, 11) is 3.08. The molecule has 3 N–H and O–H groups in total. The molecular weight excluding hydrogens is 550 g/mol. The zero-order valence-corrected chi connectivity index (χ0v) is 24.3. The first-order chi connectivity index (χ1) is 20.4. The monoisotopic (exact) mass is 581 g/mol. The number of nitrogens with one attached hydrogen (secondary N) is 3. The molecule has 0 aliphatic heterocycles. The van der Waals surface area contributed by atoms with Crippen LogP contribution >= 0.6 is 11.8 Å². The molecule has 0 aromatic heterocycles. The van der Waals surface area contributed by atoms with Crippen molar-refractivity contribution in [2.45, 2.75) is 11.8 Å². The highest BCUT2D eigenvalue weighted by Crippen LogP contribution is 2.29. The van der Waals surface area contributed by atoms with Crippen molar-refractivity contribution in [2.24, 2.45) is 0 Å². The van der Waals surface area contributed by atoms with Crippen molar-refractivity contribution in [1.29, 1.82) is 0 Å². The zero-order valence-electron chi connectivity index (χ0n) is 23.5. The molecule has 8 nitrogen and oxygen atoms in total. The van der Waals surface area contributed by atoms with Crippen molar-refractivity contribution in [1.82, 2.24) is 5.32 Å². The van der Waals surface area contributed by atoms with Gasteiger partial charge >= 0.3 is 0 Å². The Bertz CT molecular complexity index is 1600. The fraction of sp³-hybridized carbons (Fsp3) is 0.121. The quantitative estimate of drug-likeness (QED) is 0.145. The first kappa shape index (κ1) is 30.0. The maximum atomic E-state index is 13.4. The third-order valence-electron chi connectivity index (χ3n) is 6.16. The van der Waals surface area contributed by atoms with E-state index in [9.17, 15) is 14.4 Å². The number of rotatable bonds is 11. The highest BCUT2D eigenvalue weighted by Gasteiger charge is 2.16. The molecule has 4 aromatic carbocycles. The van der Waals surface area contributed by atoms with Crippen LogP contribution in [0, 0.1) is 6.92 Å². The Morgan fingerprint density at radius 1 is 0.810 bits per heavy atom. The van der Waals surface area contributed by atoms with E-state index in [0.29, 0.717) is 28.4 Å². The molecule has 9 heteroatoms. The molecule has 0 bridgehead atoms. The second-order valence-electron chi connectivity index (χ2n) is 9.12. The molecule has 0 heterocycles. The fourth-order valence-corrected chi connectivity index (χ4v) is 4.70. The number of aryl methyl sites for hydroxylation is 1. The van der Waals surface area contributed by atoms with Crippen LogP contribution in [0.2, 0.25) is 0 Å². The Morgan fingerprint density at radius 3 is 2.31 bits per heavy atom. The van der Waals surface area contributed by atoms with Gasteiger partial charge in [0.1, 0.15) is 17.2 Å². The van der Waals surface area contributed by atoms with E-state index < -0.39 is 11.8 Å². The van der Waals surface area contributed by atoms with Crippen LogP contribution in [-0.4, -0.2) is 37.7 Å². The van der Waals surface area contributed by atoms with Crippen LogP contribution < -0.4 is 25.4 Å². The number of carbonyl (C=O) groups excluding carboxylic acids is 3. The summed E-state index contributed by atoms with van der Waals surface area (Å²) in [5, 5.41) is 8.47. The van der Waals surface area contributed by atoms with E-state index in [4.69, 9.17) is 9.47 Å². The average molecular weight is 582 g/mol. The van der Waals surface area contributed by atoms with Gasteiger partial charge in [-0.05, 0) is 66.6 Å². The number of benzene rings is 4. The van der Waals surface area contributed by atoms with Gasteiger partial charge in [-0.15, -0.1) is 11.8 Å². The fourth-order valence-electron chi connectivity index (χ4n) is 3.95. The Kier molecular flexibility index (Phi) is 10.4. The molecule has 4 rings (SSSR count). The lowest BCUT2D eigenvalue weighted by atomic mass is 10.1. The van der Waals surface area contributed by atoms with Gasteiger partial charge in [-0.3, -0.25) is 14.4 Å². The molecule has 3 amide bonds. The summed E-state index contributed by atoms with van der Waals surface area (Å²) in [6.45, 7) is 1.93. The minimum atomic E-state index is -0.478. The first-order valence-electron chi connectivity index (χ1n) is 13.1. The van der Waals surface area contributed by atoms with Crippen LogP contribution in [0.4, 0.5) is 11.4 Å². The van der Waals surface area contributed by atoms with Crippen LogP contribution in [0.1, 0.15) is 21.5 Å². The zero-order chi connectivity index (χ0) is 29.9. The number of anilines is 2. The van der Waals surface area contributed by atoms with E-state index >= 15 is 0 Å². The molecule has 0 aliphatic carbocycles. The molecule has 0 unspecified atom stereocenters. The predicted octanol–water partition coefficient (Wildman–Crippen LogP) is 6.15. The lowest BCUT2D eigenvalue weighted by Gasteiger charge is -2.13. The van der Waals surface area contributed by atoms with E-state index in [1.54, 1.807) is 73.8 Å². The van der Waals surface area contributed by atoms with Crippen molar-refractivity contribution in [3.8, 4) is 11.5 Å². The first-order valence-corrected chi connectivity index (χ1v) is 14.0. The lowest BCUT2D eigenvalue weighted by molar-refractivity contribution is -0.114. The summed E-state index contributed by atoms with van der Waals surface area (Å²) in [5.74, 6) is 0.160. The number of amides is 3. The molecule has 0 spiro atoms. The molecule has 0 saturated carbocycles. The van der Waals surface area contributed by atoms with Crippen molar-refractivity contribution >= 4 is 46.9 Å². The minimum Gasteiger partial charge on any atom is -0.497 e. The smallest absolute Gasteiger partial charge is 0.272 e. The van der Waals surface area contributed by atoms with E-state index in [-0.39, 0.29) is 17.4 Å². The molecule has 4 aromatic rings. The van der Waals surface area contributed by atoms with Crippen LogP contribution in [0.5, 0.6) is 11.5 Å². The summed E-state index contributed by atoms with van der Waals surface area (Å²) in [5.41, 5.74) is 3.36. The van der Waals surface area contributed by atoms with Crippen LogP contribution in [0.15, 0.2) is 108 Å². The SMILES string of the molecule is COc1ccc(NC(=O)CSc2cccc(NC(=O)/C(=C/c3ccccc3C)NC(=O)c3ccccc3)c2)c(OC)c1.